The van der Waals surface area contributed by atoms with Gasteiger partial charge in [-0.3, -0.25) is 4.79 Å². The van der Waals surface area contributed by atoms with E-state index in [1.807, 2.05) is 37.3 Å². The van der Waals surface area contributed by atoms with Gasteiger partial charge >= 0.3 is 5.97 Å². The third-order valence-corrected chi connectivity index (χ3v) is 3.49. The molecule has 0 aliphatic carbocycles. The van der Waals surface area contributed by atoms with Crippen LogP contribution in [0.1, 0.15) is 45.9 Å². The Morgan fingerprint density at radius 1 is 1.21 bits per heavy atom. The van der Waals surface area contributed by atoms with E-state index in [4.69, 9.17) is 9.84 Å². The summed E-state index contributed by atoms with van der Waals surface area (Å²) >= 11 is 0. The summed E-state index contributed by atoms with van der Waals surface area (Å²) in [4.78, 5) is 26.3. The van der Waals surface area contributed by atoms with Gasteiger partial charge in [-0.2, -0.15) is 0 Å². The molecule has 1 atom stereocenters. The Morgan fingerprint density at radius 2 is 1.96 bits per heavy atom. The standard InChI is InChI=1S/C18H20N2O4/c1-13(14-6-3-2-4-7-14)24-11-5-10-19-17(21)15-8-9-16(18(22)23)20-12-15/h2-4,6-9,12-13H,5,10-11H2,1H3,(H,19,21)(H,22,23). The number of carbonyl (C=O) groups excluding carboxylic acids is 1. The summed E-state index contributed by atoms with van der Waals surface area (Å²) < 4.78 is 5.73. The van der Waals surface area contributed by atoms with Gasteiger partial charge in [0.2, 0.25) is 0 Å². The van der Waals surface area contributed by atoms with Crippen molar-refractivity contribution in [1.82, 2.24) is 10.3 Å². The van der Waals surface area contributed by atoms with Crippen LogP contribution in [0.15, 0.2) is 48.7 Å². The minimum atomic E-state index is -1.12. The number of amides is 1. The van der Waals surface area contributed by atoms with Gasteiger partial charge < -0.3 is 15.2 Å². The molecule has 0 aliphatic rings. The molecule has 126 valence electrons. The van der Waals surface area contributed by atoms with Crippen molar-refractivity contribution in [1.29, 1.82) is 0 Å². The first-order valence-corrected chi connectivity index (χ1v) is 7.72. The molecule has 1 aromatic carbocycles. The van der Waals surface area contributed by atoms with E-state index in [9.17, 15) is 9.59 Å². The van der Waals surface area contributed by atoms with Gasteiger partial charge in [0.05, 0.1) is 11.7 Å². The number of nitrogens with zero attached hydrogens (tertiary/aromatic N) is 1. The first kappa shape index (κ1) is 17.6. The number of pyridine rings is 1. The van der Waals surface area contributed by atoms with E-state index in [-0.39, 0.29) is 17.7 Å². The molecule has 1 amide bonds. The lowest BCUT2D eigenvalue weighted by atomic mass is 10.1. The molecule has 1 heterocycles. The molecule has 6 nitrogen and oxygen atoms in total. The molecule has 2 aromatic rings. The average molecular weight is 328 g/mol. The summed E-state index contributed by atoms with van der Waals surface area (Å²) in [6.07, 6.45) is 1.95. The van der Waals surface area contributed by atoms with E-state index in [0.29, 0.717) is 25.1 Å². The molecule has 0 saturated heterocycles. The molecule has 1 aromatic heterocycles. The summed E-state index contributed by atoms with van der Waals surface area (Å²) in [5, 5.41) is 11.5. The molecule has 0 saturated carbocycles. The molecule has 24 heavy (non-hydrogen) atoms. The highest BCUT2D eigenvalue weighted by atomic mass is 16.5. The van der Waals surface area contributed by atoms with Crippen LogP contribution in [-0.4, -0.2) is 35.1 Å². The Morgan fingerprint density at radius 3 is 2.58 bits per heavy atom. The first-order valence-electron chi connectivity index (χ1n) is 7.72. The quantitative estimate of drug-likeness (QED) is 0.727. The highest BCUT2D eigenvalue weighted by Crippen LogP contribution is 2.15. The lowest BCUT2D eigenvalue weighted by Gasteiger charge is -2.13. The van der Waals surface area contributed by atoms with Crippen LogP contribution in [0.2, 0.25) is 0 Å². The molecule has 0 spiro atoms. The SMILES string of the molecule is CC(OCCCNC(=O)c1ccc(C(=O)O)nc1)c1ccccc1. The summed E-state index contributed by atoms with van der Waals surface area (Å²) in [6, 6.07) is 12.7. The lowest BCUT2D eigenvalue weighted by Crippen LogP contribution is -2.25. The predicted molar refractivity (Wildman–Crippen MR) is 89.0 cm³/mol. The fourth-order valence-electron chi connectivity index (χ4n) is 2.11. The van der Waals surface area contributed by atoms with Gasteiger partial charge in [0.1, 0.15) is 5.69 Å². The highest BCUT2D eigenvalue weighted by Gasteiger charge is 2.09. The second kappa shape index (κ2) is 8.79. The normalized spacial score (nSPS) is 11.7. The molecule has 2 rings (SSSR count). The number of aromatic carboxylic acids is 1. The number of carbonyl (C=O) groups is 2. The Labute approximate surface area is 140 Å². The van der Waals surface area contributed by atoms with Crippen molar-refractivity contribution in [3.8, 4) is 0 Å². The molecule has 6 heteroatoms. The second-order valence-electron chi connectivity index (χ2n) is 5.27. The molecule has 0 bridgehead atoms. The molecule has 2 N–H and O–H groups in total. The number of nitrogens with one attached hydrogen (secondary N) is 1. The number of carboxylic acids is 1. The summed E-state index contributed by atoms with van der Waals surface area (Å²) in [5.41, 5.74) is 1.36. The lowest BCUT2D eigenvalue weighted by molar-refractivity contribution is 0.0634. The van der Waals surface area contributed by atoms with Crippen molar-refractivity contribution in [2.24, 2.45) is 0 Å². The van der Waals surface area contributed by atoms with Gasteiger partial charge in [-0.1, -0.05) is 30.3 Å². The maximum atomic E-state index is 11.9. The largest absolute Gasteiger partial charge is 0.477 e. The second-order valence-corrected chi connectivity index (χ2v) is 5.27. The molecule has 0 aliphatic heterocycles. The van der Waals surface area contributed by atoms with Gasteiger partial charge in [-0.25, -0.2) is 9.78 Å². The number of hydrogen-bond acceptors (Lipinski definition) is 4. The van der Waals surface area contributed by atoms with Crippen LogP contribution in [0.25, 0.3) is 0 Å². The smallest absolute Gasteiger partial charge is 0.354 e. The third-order valence-electron chi connectivity index (χ3n) is 3.49. The van der Waals surface area contributed by atoms with Crippen molar-refractivity contribution in [2.75, 3.05) is 13.2 Å². The topological polar surface area (TPSA) is 88.5 Å². The highest BCUT2D eigenvalue weighted by molar-refractivity contribution is 5.94. The van der Waals surface area contributed by atoms with Crippen molar-refractivity contribution < 1.29 is 19.4 Å². The van der Waals surface area contributed by atoms with E-state index >= 15 is 0 Å². The van der Waals surface area contributed by atoms with Crippen LogP contribution in [0, 0.1) is 0 Å². The molecular formula is C18H20N2O4. The van der Waals surface area contributed by atoms with Crippen molar-refractivity contribution in [3.05, 3.63) is 65.5 Å². The summed E-state index contributed by atoms with van der Waals surface area (Å²) in [6.45, 7) is 3.00. The zero-order valence-electron chi connectivity index (χ0n) is 13.4. The predicted octanol–water partition coefficient (Wildman–Crippen LogP) is 2.68. The van der Waals surface area contributed by atoms with Crippen molar-refractivity contribution >= 4 is 11.9 Å². The van der Waals surface area contributed by atoms with Crippen LogP contribution in [0.3, 0.4) is 0 Å². The fraction of sp³-hybridized carbons (Fsp3) is 0.278. The van der Waals surface area contributed by atoms with E-state index in [2.05, 4.69) is 10.3 Å². The zero-order chi connectivity index (χ0) is 17.4. The van der Waals surface area contributed by atoms with Crippen LogP contribution >= 0.6 is 0 Å². The fourth-order valence-corrected chi connectivity index (χ4v) is 2.11. The Balaban J connectivity index is 1.68. The van der Waals surface area contributed by atoms with Gasteiger partial charge in [0, 0.05) is 19.3 Å². The van der Waals surface area contributed by atoms with E-state index in [0.717, 1.165) is 5.56 Å². The first-order chi connectivity index (χ1) is 11.6. The molecule has 0 radical (unpaired) electrons. The maximum absolute atomic E-state index is 11.9. The van der Waals surface area contributed by atoms with Gasteiger partial charge in [0.25, 0.3) is 5.91 Å². The molecular weight excluding hydrogens is 308 g/mol. The number of ether oxygens (including phenoxy) is 1. The molecule has 1 unspecified atom stereocenters. The number of carboxylic acid groups (broad SMARTS) is 1. The average Bonchev–Trinajstić information content (AvgIpc) is 2.62. The minimum Gasteiger partial charge on any atom is -0.477 e. The number of benzene rings is 1. The Kier molecular flexibility index (Phi) is 6.45. The van der Waals surface area contributed by atoms with Crippen molar-refractivity contribution in [3.63, 3.8) is 0 Å². The van der Waals surface area contributed by atoms with Gasteiger partial charge in [-0.05, 0) is 31.0 Å². The number of hydrogen-bond donors (Lipinski definition) is 2. The summed E-state index contributed by atoms with van der Waals surface area (Å²) in [5.74, 6) is -1.40. The molecule has 0 fully saturated rings. The maximum Gasteiger partial charge on any atom is 0.354 e. The monoisotopic (exact) mass is 328 g/mol. The van der Waals surface area contributed by atoms with Gasteiger partial charge in [-0.15, -0.1) is 0 Å². The number of rotatable bonds is 8. The van der Waals surface area contributed by atoms with Crippen LogP contribution in [0.5, 0.6) is 0 Å². The summed E-state index contributed by atoms with van der Waals surface area (Å²) in [7, 11) is 0. The Bertz CT molecular complexity index is 671. The minimum absolute atomic E-state index is 0.00895. The van der Waals surface area contributed by atoms with Gasteiger partial charge in [0.15, 0.2) is 0 Å². The van der Waals surface area contributed by atoms with Crippen LogP contribution in [-0.2, 0) is 4.74 Å². The third kappa shape index (κ3) is 5.17. The van der Waals surface area contributed by atoms with Crippen LogP contribution < -0.4 is 5.32 Å². The van der Waals surface area contributed by atoms with Crippen LogP contribution in [0.4, 0.5) is 0 Å². The number of aromatic nitrogens is 1. The zero-order valence-corrected chi connectivity index (χ0v) is 13.4. The van der Waals surface area contributed by atoms with Crippen molar-refractivity contribution in [2.45, 2.75) is 19.4 Å². The van der Waals surface area contributed by atoms with E-state index in [1.165, 1.54) is 18.3 Å². The Hall–Kier alpha value is -2.73. The van der Waals surface area contributed by atoms with E-state index in [1.54, 1.807) is 0 Å². The van der Waals surface area contributed by atoms with E-state index < -0.39 is 5.97 Å².